The van der Waals surface area contributed by atoms with Gasteiger partial charge in [-0.15, -0.1) is 0 Å². The Labute approximate surface area is 84.2 Å². The maximum Gasteiger partial charge on any atom is 0.156 e. The number of oxime groups is 1. The second-order valence-electron chi connectivity index (χ2n) is 2.92. The molecule has 0 aromatic rings. The summed E-state index contributed by atoms with van der Waals surface area (Å²) >= 11 is 1.79. The van der Waals surface area contributed by atoms with E-state index < -0.39 is 0 Å². The Morgan fingerprint density at radius 3 is 2.69 bits per heavy atom. The molecule has 1 atom stereocenters. The monoisotopic (exact) mass is 205 g/mol. The van der Waals surface area contributed by atoms with Crippen molar-refractivity contribution in [3.05, 3.63) is 0 Å². The van der Waals surface area contributed by atoms with E-state index in [1.807, 2.05) is 14.0 Å². The number of rotatable bonds is 6. The van der Waals surface area contributed by atoms with Crippen molar-refractivity contribution < 1.29 is 5.21 Å². The molecule has 5 heteroatoms. The largest absolute Gasteiger partial charge is 0.409 e. The Kier molecular flexibility index (Phi) is 6.80. The van der Waals surface area contributed by atoms with Crippen LogP contribution in [0.4, 0.5) is 0 Å². The molecular weight excluding hydrogens is 186 g/mol. The van der Waals surface area contributed by atoms with Crippen molar-refractivity contribution in [2.45, 2.75) is 19.4 Å². The third-order valence-electron chi connectivity index (χ3n) is 2.02. The first-order valence-electron chi connectivity index (χ1n) is 4.33. The zero-order valence-corrected chi connectivity index (χ0v) is 9.34. The molecule has 13 heavy (non-hydrogen) atoms. The molecule has 0 aliphatic carbocycles. The quantitative estimate of drug-likeness (QED) is 0.291. The molecule has 0 bridgehead atoms. The van der Waals surface area contributed by atoms with Crippen LogP contribution in [0.2, 0.25) is 0 Å². The highest BCUT2D eigenvalue weighted by Crippen LogP contribution is 2.03. The summed E-state index contributed by atoms with van der Waals surface area (Å²) in [4.78, 5) is 2.10. The minimum Gasteiger partial charge on any atom is -0.409 e. The highest BCUT2D eigenvalue weighted by Gasteiger charge is 2.16. The standard InChI is InChI=1S/C8H19N3OS/c1-4-7(8(9)10-12)11(2)5-6-13-3/h7,12H,4-6H2,1-3H3,(H2,9,10). The topological polar surface area (TPSA) is 61.9 Å². The van der Waals surface area contributed by atoms with Crippen molar-refractivity contribution >= 4 is 17.6 Å². The minimum atomic E-state index is 0.0529. The van der Waals surface area contributed by atoms with E-state index >= 15 is 0 Å². The molecule has 0 radical (unpaired) electrons. The molecule has 0 aromatic carbocycles. The van der Waals surface area contributed by atoms with Gasteiger partial charge in [0.1, 0.15) is 0 Å². The third kappa shape index (κ3) is 4.38. The van der Waals surface area contributed by atoms with Gasteiger partial charge in [0.15, 0.2) is 5.84 Å². The summed E-state index contributed by atoms with van der Waals surface area (Å²) in [6, 6.07) is 0.0529. The molecule has 1 unspecified atom stereocenters. The van der Waals surface area contributed by atoms with Gasteiger partial charge in [0.05, 0.1) is 6.04 Å². The number of hydrogen-bond acceptors (Lipinski definition) is 4. The molecular formula is C8H19N3OS. The molecule has 0 heterocycles. The smallest absolute Gasteiger partial charge is 0.156 e. The lowest BCUT2D eigenvalue weighted by atomic mass is 10.2. The summed E-state index contributed by atoms with van der Waals surface area (Å²) in [6.07, 6.45) is 2.93. The Bertz CT molecular complexity index is 163. The predicted octanol–water partition coefficient (Wildman–Crippen LogP) is 0.806. The van der Waals surface area contributed by atoms with Gasteiger partial charge in [-0.3, -0.25) is 4.90 Å². The minimum absolute atomic E-state index is 0.0529. The average Bonchev–Trinajstić information content (AvgIpc) is 2.15. The van der Waals surface area contributed by atoms with Crippen LogP contribution in [0.15, 0.2) is 5.16 Å². The highest BCUT2D eigenvalue weighted by molar-refractivity contribution is 7.98. The van der Waals surface area contributed by atoms with Gasteiger partial charge in [-0.25, -0.2) is 0 Å². The molecule has 0 amide bonds. The number of nitrogens with zero attached hydrogens (tertiary/aromatic N) is 2. The molecule has 78 valence electrons. The van der Waals surface area contributed by atoms with E-state index in [0.717, 1.165) is 18.7 Å². The maximum absolute atomic E-state index is 8.54. The first kappa shape index (κ1) is 12.6. The van der Waals surface area contributed by atoms with Crippen LogP contribution in [0.1, 0.15) is 13.3 Å². The van der Waals surface area contributed by atoms with Crippen molar-refractivity contribution in [2.75, 3.05) is 25.6 Å². The molecule has 0 spiro atoms. The van der Waals surface area contributed by atoms with Gasteiger partial charge in [-0.05, 0) is 19.7 Å². The maximum atomic E-state index is 8.54. The van der Waals surface area contributed by atoms with Gasteiger partial charge < -0.3 is 10.9 Å². The van der Waals surface area contributed by atoms with E-state index in [1.54, 1.807) is 11.8 Å². The number of nitrogens with two attached hydrogens (primary N) is 1. The van der Waals surface area contributed by atoms with Crippen LogP contribution in [-0.4, -0.2) is 47.6 Å². The number of likely N-dealkylation sites (N-methyl/N-ethyl adjacent to an activating group) is 1. The summed E-state index contributed by atoms with van der Waals surface area (Å²) in [7, 11) is 1.99. The van der Waals surface area contributed by atoms with E-state index in [0.29, 0.717) is 5.84 Å². The lowest BCUT2D eigenvalue weighted by molar-refractivity contribution is 0.281. The second kappa shape index (κ2) is 7.03. The Morgan fingerprint density at radius 1 is 1.69 bits per heavy atom. The molecule has 4 nitrogen and oxygen atoms in total. The van der Waals surface area contributed by atoms with E-state index in [-0.39, 0.29) is 6.04 Å². The van der Waals surface area contributed by atoms with Crippen LogP contribution in [-0.2, 0) is 0 Å². The number of hydrogen-bond donors (Lipinski definition) is 2. The fraction of sp³-hybridized carbons (Fsp3) is 0.875. The molecule has 0 aromatic heterocycles. The first-order valence-corrected chi connectivity index (χ1v) is 5.73. The van der Waals surface area contributed by atoms with Gasteiger partial charge in [0.25, 0.3) is 0 Å². The molecule has 0 saturated carbocycles. The van der Waals surface area contributed by atoms with E-state index in [1.165, 1.54) is 0 Å². The van der Waals surface area contributed by atoms with E-state index in [2.05, 4.69) is 16.3 Å². The fourth-order valence-corrected chi connectivity index (χ4v) is 1.67. The van der Waals surface area contributed by atoms with Crippen LogP contribution >= 0.6 is 11.8 Å². The summed E-state index contributed by atoms with van der Waals surface area (Å²) in [6.45, 7) is 2.98. The Morgan fingerprint density at radius 2 is 2.31 bits per heavy atom. The average molecular weight is 205 g/mol. The van der Waals surface area contributed by atoms with Crippen molar-refractivity contribution in [2.24, 2.45) is 10.9 Å². The summed E-state index contributed by atoms with van der Waals surface area (Å²) < 4.78 is 0. The Hall–Kier alpha value is -0.420. The van der Waals surface area contributed by atoms with Crippen molar-refractivity contribution in [1.29, 1.82) is 0 Å². The molecule has 0 aliphatic rings. The number of amidine groups is 1. The summed E-state index contributed by atoms with van der Waals surface area (Å²) in [5, 5.41) is 11.6. The lowest BCUT2D eigenvalue weighted by Gasteiger charge is -2.25. The van der Waals surface area contributed by atoms with Gasteiger partial charge in [-0.1, -0.05) is 12.1 Å². The predicted molar refractivity (Wildman–Crippen MR) is 58.5 cm³/mol. The van der Waals surface area contributed by atoms with E-state index in [4.69, 9.17) is 10.9 Å². The van der Waals surface area contributed by atoms with Gasteiger partial charge in [0.2, 0.25) is 0 Å². The zero-order chi connectivity index (χ0) is 10.3. The van der Waals surface area contributed by atoms with Gasteiger partial charge in [-0.2, -0.15) is 11.8 Å². The van der Waals surface area contributed by atoms with Crippen LogP contribution in [0.25, 0.3) is 0 Å². The lowest BCUT2D eigenvalue weighted by Crippen LogP contribution is -2.43. The highest BCUT2D eigenvalue weighted by atomic mass is 32.2. The third-order valence-corrected chi connectivity index (χ3v) is 2.61. The van der Waals surface area contributed by atoms with Crippen molar-refractivity contribution in [1.82, 2.24) is 4.90 Å². The summed E-state index contributed by atoms with van der Waals surface area (Å²) in [5.74, 6) is 1.36. The van der Waals surface area contributed by atoms with Crippen LogP contribution in [0, 0.1) is 0 Å². The number of thioether (sulfide) groups is 1. The SMILES string of the molecule is CCC(C(N)=NO)N(C)CCSC. The summed E-state index contributed by atoms with van der Waals surface area (Å²) in [5.41, 5.74) is 5.55. The normalized spacial score (nSPS) is 14.9. The van der Waals surface area contributed by atoms with Crippen molar-refractivity contribution in [3.63, 3.8) is 0 Å². The van der Waals surface area contributed by atoms with Crippen LogP contribution < -0.4 is 5.73 Å². The molecule has 0 aliphatic heterocycles. The second-order valence-corrected chi connectivity index (χ2v) is 3.91. The first-order chi connectivity index (χ1) is 6.17. The molecule has 0 fully saturated rings. The molecule has 0 rings (SSSR count). The fourth-order valence-electron chi connectivity index (χ4n) is 1.20. The Balaban J connectivity index is 4.06. The molecule has 0 saturated heterocycles. The molecule has 3 N–H and O–H groups in total. The van der Waals surface area contributed by atoms with Gasteiger partial charge >= 0.3 is 0 Å². The van der Waals surface area contributed by atoms with Crippen LogP contribution in [0.3, 0.4) is 0 Å². The van der Waals surface area contributed by atoms with E-state index in [9.17, 15) is 0 Å². The zero-order valence-electron chi connectivity index (χ0n) is 8.53. The van der Waals surface area contributed by atoms with Crippen LogP contribution in [0.5, 0.6) is 0 Å². The van der Waals surface area contributed by atoms with Crippen molar-refractivity contribution in [3.8, 4) is 0 Å². The van der Waals surface area contributed by atoms with Gasteiger partial charge in [0, 0.05) is 12.3 Å².